The van der Waals surface area contributed by atoms with Gasteiger partial charge in [0.05, 0.1) is 5.75 Å². The monoisotopic (exact) mass is 343 g/mol. The molecule has 1 aliphatic rings. The Morgan fingerprint density at radius 3 is 2.27 bits per heavy atom. The van der Waals surface area contributed by atoms with Gasteiger partial charge in [-0.2, -0.15) is 0 Å². The molecule has 0 aromatic heterocycles. The van der Waals surface area contributed by atoms with Gasteiger partial charge in [0.25, 0.3) is 0 Å². The Labute approximate surface area is 137 Å². The fraction of sp³-hybridized carbons (Fsp3) is 0.562. The molecule has 1 aromatic carbocycles. The molecule has 0 aliphatic heterocycles. The summed E-state index contributed by atoms with van der Waals surface area (Å²) in [6, 6.07) is 6.77. The first-order valence-corrected chi connectivity index (χ1v) is 9.89. The molecule has 1 amide bonds. The van der Waals surface area contributed by atoms with Crippen molar-refractivity contribution < 1.29 is 13.2 Å². The highest BCUT2D eigenvalue weighted by Crippen LogP contribution is 2.17. The molecule has 1 saturated carbocycles. The first-order valence-electron chi connectivity index (χ1n) is 7.69. The van der Waals surface area contributed by atoms with Crippen LogP contribution in [0.3, 0.4) is 0 Å². The van der Waals surface area contributed by atoms with Crippen molar-refractivity contribution >= 4 is 27.3 Å². The SMILES string of the molecule is O=C(CS(=O)(=O)Cc1ccc(Cl)cc1)NC1CCCCCC1. The minimum absolute atomic E-state index is 0.126. The Morgan fingerprint density at radius 2 is 1.68 bits per heavy atom. The molecule has 2 rings (SSSR count). The number of sulfone groups is 1. The second-order valence-electron chi connectivity index (χ2n) is 5.91. The van der Waals surface area contributed by atoms with Crippen LogP contribution in [0.25, 0.3) is 0 Å². The maximum atomic E-state index is 12.1. The van der Waals surface area contributed by atoms with Gasteiger partial charge in [0.1, 0.15) is 5.75 Å². The van der Waals surface area contributed by atoms with Crippen molar-refractivity contribution in [2.45, 2.75) is 50.3 Å². The molecular formula is C16H22ClNO3S. The highest BCUT2D eigenvalue weighted by molar-refractivity contribution is 7.91. The second kappa shape index (κ2) is 7.97. The van der Waals surface area contributed by atoms with Crippen LogP contribution in [-0.4, -0.2) is 26.1 Å². The Kier molecular flexibility index (Phi) is 6.26. The van der Waals surface area contributed by atoms with E-state index in [1.165, 1.54) is 12.8 Å². The number of benzene rings is 1. The molecule has 122 valence electrons. The lowest BCUT2D eigenvalue weighted by molar-refractivity contribution is -0.119. The lowest BCUT2D eigenvalue weighted by Gasteiger charge is -2.16. The number of carbonyl (C=O) groups excluding carboxylic acids is 1. The molecule has 1 aliphatic carbocycles. The molecule has 4 nitrogen and oxygen atoms in total. The van der Waals surface area contributed by atoms with Gasteiger partial charge in [-0.3, -0.25) is 4.79 Å². The highest BCUT2D eigenvalue weighted by Gasteiger charge is 2.20. The van der Waals surface area contributed by atoms with E-state index in [-0.39, 0.29) is 17.7 Å². The zero-order valence-corrected chi connectivity index (χ0v) is 14.1. The topological polar surface area (TPSA) is 63.2 Å². The summed E-state index contributed by atoms with van der Waals surface area (Å²) < 4.78 is 24.2. The lowest BCUT2D eigenvalue weighted by atomic mass is 10.1. The maximum Gasteiger partial charge on any atom is 0.235 e. The van der Waals surface area contributed by atoms with Crippen molar-refractivity contribution in [3.63, 3.8) is 0 Å². The van der Waals surface area contributed by atoms with E-state index in [2.05, 4.69) is 5.32 Å². The van der Waals surface area contributed by atoms with Crippen molar-refractivity contribution in [3.05, 3.63) is 34.9 Å². The maximum absolute atomic E-state index is 12.1. The summed E-state index contributed by atoms with van der Waals surface area (Å²) in [5.74, 6) is -0.977. The summed E-state index contributed by atoms with van der Waals surface area (Å²) >= 11 is 5.78. The number of nitrogens with one attached hydrogen (secondary N) is 1. The van der Waals surface area contributed by atoms with Crippen LogP contribution in [0.15, 0.2) is 24.3 Å². The zero-order valence-electron chi connectivity index (χ0n) is 12.6. The molecule has 22 heavy (non-hydrogen) atoms. The van der Waals surface area contributed by atoms with Crippen molar-refractivity contribution in [3.8, 4) is 0 Å². The van der Waals surface area contributed by atoms with Gasteiger partial charge in [-0.15, -0.1) is 0 Å². The summed E-state index contributed by atoms with van der Waals surface area (Å²) in [5, 5.41) is 3.43. The van der Waals surface area contributed by atoms with Crippen LogP contribution in [0.5, 0.6) is 0 Å². The summed E-state index contributed by atoms with van der Waals surface area (Å²) in [6.07, 6.45) is 6.49. The molecule has 0 atom stereocenters. The Bertz CT molecular complexity index is 590. The number of hydrogen-bond donors (Lipinski definition) is 1. The first-order chi connectivity index (χ1) is 10.4. The zero-order chi connectivity index (χ0) is 16.0. The van der Waals surface area contributed by atoms with E-state index < -0.39 is 15.6 Å². The molecular weight excluding hydrogens is 322 g/mol. The molecule has 0 spiro atoms. The number of hydrogen-bond acceptors (Lipinski definition) is 3. The van der Waals surface area contributed by atoms with Gasteiger partial charge in [0, 0.05) is 11.1 Å². The summed E-state index contributed by atoms with van der Waals surface area (Å²) in [7, 11) is -3.46. The van der Waals surface area contributed by atoms with E-state index in [0.29, 0.717) is 10.6 Å². The molecule has 0 radical (unpaired) electrons. The molecule has 1 fully saturated rings. The third kappa shape index (κ3) is 5.97. The van der Waals surface area contributed by atoms with Crippen LogP contribution in [-0.2, 0) is 20.4 Å². The van der Waals surface area contributed by atoms with E-state index in [9.17, 15) is 13.2 Å². The van der Waals surface area contributed by atoms with Gasteiger partial charge in [-0.1, -0.05) is 49.4 Å². The Balaban J connectivity index is 1.87. The molecule has 0 saturated heterocycles. The Hall–Kier alpha value is -1.07. The smallest absolute Gasteiger partial charge is 0.235 e. The van der Waals surface area contributed by atoms with Crippen LogP contribution < -0.4 is 5.32 Å². The standard InChI is InChI=1S/C16H22ClNO3S/c17-14-9-7-13(8-10-14)11-22(20,21)12-16(19)18-15-5-3-1-2-4-6-15/h7-10,15H,1-6,11-12H2,(H,18,19). The van der Waals surface area contributed by atoms with Crippen molar-refractivity contribution in [2.24, 2.45) is 0 Å². The van der Waals surface area contributed by atoms with Gasteiger partial charge in [-0.05, 0) is 30.5 Å². The molecule has 0 unspecified atom stereocenters. The van der Waals surface area contributed by atoms with E-state index in [1.807, 2.05) is 0 Å². The number of halogens is 1. The largest absolute Gasteiger partial charge is 0.352 e. The Morgan fingerprint density at radius 1 is 1.09 bits per heavy atom. The third-order valence-electron chi connectivity index (χ3n) is 3.87. The minimum Gasteiger partial charge on any atom is -0.352 e. The van der Waals surface area contributed by atoms with E-state index >= 15 is 0 Å². The van der Waals surface area contributed by atoms with E-state index in [1.54, 1.807) is 24.3 Å². The van der Waals surface area contributed by atoms with Crippen LogP contribution in [0, 0.1) is 0 Å². The predicted octanol–water partition coefficient (Wildman–Crippen LogP) is 3.09. The molecule has 1 N–H and O–H groups in total. The summed E-state index contributed by atoms with van der Waals surface area (Å²) in [5.41, 5.74) is 0.645. The average Bonchev–Trinajstić information content (AvgIpc) is 2.69. The van der Waals surface area contributed by atoms with Crippen LogP contribution in [0.1, 0.15) is 44.1 Å². The molecule has 6 heteroatoms. The number of rotatable bonds is 5. The fourth-order valence-corrected chi connectivity index (χ4v) is 4.19. The van der Waals surface area contributed by atoms with Crippen LogP contribution in [0.2, 0.25) is 5.02 Å². The molecule has 0 heterocycles. The third-order valence-corrected chi connectivity index (χ3v) is 5.60. The summed E-state index contributed by atoms with van der Waals surface area (Å²) in [6.45, 7) is 0. The van der Waals surface area contributed by atoms with Gasteiger partial charge in [0.15, 0.2) is 9.84 Å². The van der Waals surface area contributed by atoms with E-state index in [0.717, 1.165) is 25.7 Å². The fourth-order valence-electron chi connectivity index (χ4n) is 2.78. The van der Waals surface area contributed by atoms with Crippen molar-refractivity contribution in [1.29, 1.82) is 0 Å². The minimum atomic E-state index is -3.46. The number of amides is 1. The molecule has 0 bridgehead atoms. The first kappa shape index (κ1) is 17.3. The van der Waals surface area contributed by atoms with Crippen LogP contribution in [0.4, 0.5) is 0 Å². The molecule has 1 aromatic rings. The van der Waals surface area contributed by atoms with Gasteiger partial charge >= 0.3 is 0 Å². The lowest BCUT2D eigenvalue weighted by Crippen LogP contribution is -2.38. The average molecular weight is 344 g/mol. The van der Waals surface area contributed by atoms with E-state index in [4.69, 9.17) is 11.6 Å². The van der Waals surface area contributed by atoms with Crippen molar-refractivity contribution in [1.82, 2.24) is 5.32 Å². The second-order valence-corrected chi connectivity index (χ2v) is 8.42. The predicted molar refractivity (Wildman–Crippen MR) is 88.6 cm³/mol. The normalized spacial score (nSPS) is 17.0. The number of carbonyl (C=O) groups is 1. The van der Waals surface area contributed by atoms with Crippen LogP contribution >= 0.6 is 11.6 Å². The van der Waals surface area contributed by atoms with Gasteiger partial charge < -0.3 is 5.32 Å². The van der Waals surface area contributed by atoms with Gasteiger partial charge in [-0.25, -0.2) is 8.42 Å². The van der Waals surface area contributed by atoms with Gasteiger partial charge in [0.2, 0.25) is 5.91 Å². The summed E-state index contributed by atoms with van der Waals surface area (Å²) in [4.78, 5) is 12.0. The quantitative estimate of drug-likeness (QED) is 0.835. The highest BCUT2D eigenvalue weighted by atomic mass is 35.5. The van der Waals surface area contributed by atoms with Crippen molar-refractivity contribution in [2.75, 3.05) is 5.75 Å².